The summed E-state index contributed by atoms with van der Waals surface area (Å²) in [4.78, 5) is 0. The van der Waals surface area contributed by atoms with Crippen LogP contribution in [-0.4, -0.2) is 21.3 Å². The Morgan fingerprint density at radius 1 is 1.45 bits per heavy atom. The third-order valence-corrected chi connectivity index (χ3v) is 4.17. The van der Waals surface area contributed by atoms with Crippen molar-refractivity contribution in [1.29, 1.82) is 0 Å². The van der Waals surface area contributed by atoms with E-state index in [1.54, 1.807) is 0 Å². The predicted octanol–water partition coefficient (Wildman–Crippen LogP) is 2.77. The van der Waals surface area contributed by atoms with Crippen molar-refractivity contribution < 1.29 is 0 Å². The first-order valence-corrected chi connectivity index (χ1v) is 7.54. The van der Waals surface area contributed by atoms with Crippen molar-refractivity contribution in [3.05, 3.63) is 46.5 Å². The van der Waals surface area contributed by atoms with Gasteiger partial charge in [-0.3, -0.25) is 0 Å². The van der Waals surface area contributed by atoms with Gasteiger partial charge in [0.25, 0.3) is 0 Å². The molecule has 2 aromatic rings. The predicted molar refractivity (Wildman–Crippen MR) is 79.9 cm³/mol. The molecule has 1 aromatic heterocycles. The minimum absolute atomic E-state index is 0.448. The van der Waals surface area contributed by atoms with E-state index in [9.17, 15) is 0 Å². The molecule has 1 N–H and O–H groups in total. The zero-order valence-electron chi connectivity index (χ0n) is 11.6. The van der Waals surface area contributed by atoms with Gasteiger partial charge in [-0.15, -0.1) is 10.2 Å². The maximum Gasteiger partial charge on any atom is 0.132 e. The Labute approximate surface area is 124 Å². The van der Waals surface area contributed by atoms with Crippen LogP contribution in [-0.2, 0) is 19.4 Å². The van der Waals surface area contributed by atoms with Crippen LogP contribution in [0.25, 0.3) is 0 Å². The second kappa shape index (κ2) is 5.94. The average Bonchev–Trinajstić information content (AvgIpc) is 3.05. The van der Waals surface area contributed by atoms with Crippen LogP contribution >= 0.6 is 11.6 Å². The van der Waals surface area contributed by atoms with Crippen molar-refractivity contribution in [2.24, 2.45) is 0 Å². The lowest BCUT2D eigenvalue weighted by atomic mass is 10.1. The van der Waals surface area contributed by atoms with Gasteiger partial charge in [0, 0.05) is 30.6 Å². The second-order valence-corrected chi connectivity index (χ2v) is 5.62. The summed E-state index contributed by atoms with van der Waals surface area (Å²) in [5, 5.41) is 12.5. The molecule has 0 spiro atoms. The monoisotopic (exact) mass is 290 g/mol. The summed E-state index contributed by atoms with van der Waals surface area (Å²) in [6.45, 7) is 3.94. The van der Waals surface area contributed by atoms with E-state index in [0.717, 1.165) is 43.2 Å². The molecular formula is C15H19ClN4. The van der Waals surface area contributed by atoms with Gasteiger partial charge in [0.15, 0.2) is 0 Å². The third-order valence-electron chi connectivity index (χ3n) is 3.94. The quantitative estimate of drug-likeness (QED) is 0.921. The van der Waals surface area contributed by atoms with Crippen LogP contribution in [0.15, 0.2) is 24.5 Å². The minimum Gasteiger partial charge on any atom is -0.316 e. The van der Waals surface area contributed by atoms with Gasteiger partial charge in [-0.2, -0.15) is 0 Å². The van der Waals surface area contributed by atoms with Crippen LogP contribution < -0.4 is 5.32 Å². The van der Waals surface area contributed by atoms with Crippen LogP contribution in [0.3, 0.4) is 0 Å². The molecule has 4 nitrogen and oxygen atoms in total. The zero-order valence-corrected chi connectivity index (χ0v) is 12.4. The number of nitrogens with zero attached hydrogens (tertiary/aromatic N) is 3. The number of aromatic nitrogens is 3. The standard InChI is InChI=1S/C15H19ClN4/c1-2-15-19-18-10-20(15)8-7-17-14-6-3-11-9-12(16)4-5-13(11)14/h4-5,9-10,14,17H,2-3,6-8H2,1H3/t14-/m0/s1. The Balaban J connectivity index is 1.58. The van der Waals surface area contributed by atoms with Gasteiger partial charge in [0.2, 0.25) is 0 Å². The van der Waals surface area contributed by atoms with Gasteiger partial charge < -0.3 is 9.88 Å². The number of hydrogen-bond acceptors (Lipinski definition) is 3. The second-order valence-electron chi connectivity index (χ2n) is 5.18. The van der Waals surface area contributed by atoms with Gasteiger partial charge in [0.1, 0.15) is 12.2 Å². The van der Waals surface area contributed by atoms with E-state index < -0.39 is 0 Å². The maximum absolute atomic E-state index is 6.04. The minimum atomic E-state index is 0.448. The summed E-state index contributed by atoms with van der Waals surface area (Å²) >= 11 is 6.04. The molecule has 0 aliphatic heterocycles. The first kappa shape index (κ1) is 13.6. The molecule has 1 aromatic carbocycles. The summed E-state index contributed by atoms with van der Waals surface area (Å²) in [5.41, 5.74) is 2.78. The van der Waals surface area contributed by atoms with Crippen molar-refractivity contribution in [2.75, 3.05) is 6.54 Å². The fourth-order valence-corrected chi connectivity index (χ4v) is 3.09. The largest absolute Gasteiger partial charge is 0.316 e. The first-order chi connectivity index (χ1) is 9.78. The Bertz CT molecular complexity index is 593. The highest BCUT2D eigenvalue weighted by atomic mass is 35.5. The number of rotatable bonds is 5. The highest BCUT2D eigenvalue weighted by Gasteiger charge is 2.21. The van der Waals surface area contributed by atoms with Crippen LogP contribution in [0.5, 0.6) is 0 Å². The maximum atomic E-state index is 6.04. The summed E-state index contributed by atoms with van der Waals surface area (Å²) in [6, 6.07) is 6.67. The SMILES string of the molecule is CCc1nncn1CCN[C@H]1CCc2cc(Cl)ccc21. The number of hydrogen-bond donors (Lipinski definition) is 1. The molecule has 0 radical (unpaired) electrons. The van der Waals surface area contributed by atoms with Crippen molar-refractivity contribution in [1.82, 2.24) is 20.1 Å². The van der Waals surface area contributed by atoms with E-state index in [1.807, 2.05) is 12.4 Å². The molecule has 0 saturated heterocycles. The van der Waals surface area contributed by atoms with Gasteiger partial charge in [0.05, 0.1) is 0 Å². The van der Waals surface area contributed by atoms with Crippen LogP contribution in [0.4, 0.5) is 0 Å². The molecule has 0 unspecified atom stereocenters. The third kappa shape index (κ3) is 2.72. The number of aryl methyl sites for hydroxylation is 2. The Hall–Kier alpha value is -1.39. The van der Waals surface area contributed by atoms with Crippen molar-refractivity contribution in [2.45, 2.75) is 38.8 Å². The van der Waals surface area contributed by atoms with E-state index in [0.29, 0.717) is 6.04 Å². The van der Waals surface area contributed by atoms with E-state index in [2.05, 4.69) is 39.1 Å². The van der Waals surface area contributed by atoms with Crippen molar-refractivity contribution in [3.63, 3.8) is 0 Å². The average molecular weight is 291 g/mol. The zero-order chi connectivity index (χ0) is 13.9. The van der Waals surface area contributed by atoms with E-state index in [1.165, 1.54) is 11.1 Å². The van der Waals surface area contributed by atoms with Crippen LogP contribution in [0.2, 0.25) is 5.02 Å². The Morgan fingerprint density at radius 2 is 2.35 bits per heavy atom. The van der Waals surface area contributed by atoms with Gasteiger partial charge >= 0.3 is 0 Å². The highest BCUT2D eigenvalue weighted by molar-refractivity contribution is 6.30. The van der Waals surface area contributed by atoms with Crippen LogP contribution in [0, 0.1) is 0 Å². The smallest absolute Gasteiger partial charge is 0.132 e. The summed E-state index contributed by atoms with van der Waals surface area (Å²) < 4.78 is 2.12. The normalized spacial score (nSPS) is 17.4. The molecule has 0 fully saturated rings. The van der Waals surface area contributed by atoms with E-state index in [4.69, 9.17) is 11.6 Å². The molecular weight excluding hydrogens is 272 g/mol. The summed E-state index contributed by atoms with van der Waals surface area (Å²) in [6.07, 6.45) is 4.99. The Morgan fingerprint density at radius 3 is 3.20 bits per heavy atom. The van der Waals surface area contributed by atoms with Gasteiger partial charge in [-0.25, -0.2) is 0 Å². The number of halogens is 1. The molecule has 1 aliphatic rings. The lowest BCUT2D eigenvalue weighted by molar-refractivity contribution is 0.495. The highest BCUT2D eigenvalue weighted by Crippen LogP contribution is 2.32. The summed E-state index contributed by atoms with van der Waals surface area (Å²) in [5.74, 6) is 1.05. The fourth-order valence-electron chi connectivity index (χ4n) is 2.90. The summed E-state index contributed by atoms with van der Waals surface area (Å²) in [7, 11) is 0. The molecule has 3 rings (SSSR count). The van der Waals surface area contributed by atoms with Gasteiger partial charge in [-0.05, 0) is 36.1 Å². The molecule has 0 saturated carbocycles. The molecule has 0 bridgehead atoms. The molecule has 20 heavy (non-hydrogen) atoms. The number of benzene rings is 1. The molecule has 0 amide bonds. The van der Waals surface area contributed by atoms with E-state index >= 15 is 0 Å². The van der Waals surface area contributed by atoms with Crippen molar-refractivity contribution >= 4 is 11.6 Å². The van der Waals surface area contributed by atoms with E-state index in [-0.39, 0.29) is 0 Å². The lowest BCUT2D eigenvalue weighted by Gasteiger charge is -2.14. The fraction of sp³-hybridized carbons (Fsp3) is 0.467. The topological polar surface area (TPSA) is 42.7 Å². The first-order valence-electron chi connectivity index (χ1n) is 7.16. The molecule has 1 heterocycles. The lowest BCUT2D eigenvalue weighted by Crippen LogP contribution is -2.24. The molecule has 1 atom stereocenters. The van der Waals surface area contributed by atoms with Gasteiger partial charge in [-0.1, -0.05) is 24.6 Å². The van der Waals surface area contributed by atoms with Crippen LogP contribution in [0.1, 0.15) is 36.3 Å². The molecule has 1 aliphatic carbocycles. The number of fused-ring (bicyclic) bond motifs is 1. The molecule has 106 valence electrons. The molecule has 5 heteroatoms. The van der Waals surface area contributed by atoms with Crippen molar-refractivity contribution in [3.8, 4) is 0 Å². The number of nitrogens with one attached hydrogen (secondary N) is 1. The Kier molecular flexibility index (Phi) is 4.03.